The Kier molecular flexibility index (Phi) is 16.9. The first-order valence-electron chi connectivity index (χ1n) is 3.95. The van der Waals surface area contributed by atoms with E-state index in [2.05, 4.69) is 0 Å². The number of carbonyl (C=O) groups is 1. The number of carboxylic acids is 1. The lowest BCUT2D eigenvalue weighted by molar-refractivity contribution is -0.142. The molecule has 0 aliphatic heterocycles. The van der Waals surface area contributed by atoms with Gasteiger partial charge in [0, 0.05) is 0 Å². The van der Waals surface area contributed by atoms with Gasteiger partial charge in [-0.1, -0.05) is 26.7 Å². The van der Waals surface area contributed by atoms with Gasteiger partial charge in [0.05, 0.1) is 5.92 Å². The summed E-state index contributed by atoms with van der Waals surface area (Å²) in [7, 11) is 0. The molecule has 0 aromatic rings. The minimum absolute atomic E-state index is 0. The predicted octanol–water partition coefficient (Wildman–Crippen LogP) is 0.546. The zero-order valence-electron chi connectivity index (χ0n) is 7.26. The van der Waals surface area contributed by atoms with Crippen LogP contribution in [-0.2, 0) is 4.79 Å². The van der Waals surface area contributed by atoms with Gasteiger partial charge in [0.25, 0.3) is 0 Å². The molecule has 0 aromatic heterocycles. The lowest BCUT2D eigenvalue weighted by atomic mass is 9.99. The van der Waals surface area contributed by atoms with E-state index in [0.29, 0.717) is 0 Å². The van der Waals surface area contributed by atoms with E-state index in [-0.39, 0.29) is 34.4 Å². The van der Waals surface area contributed by atoms with Crippen LogP contribution in [-0.4, -0.2) is 39.6 Å². The van der Waals surface area contributed by atoms with Crippen molar-refractivity contribution >= 4 is 29.0 Å². The fraction of sp³-hybridized carbons (Fsp3) is 0.875. The molecule has 72 valence electrons. The monoisotopic (exact) mass is 188 g/mol. The predicted molar refractivity (Wildman–Crippen MR) is 53.1 cm³/mol. The number of carboxylic acid groups (broad SMARTS) is 1. The van der Waals surface area contributed by atoms with Gasteiger partial charge in [0.15, 0.2) is 0 Å². The van der Waals surface area contributed by atoms with Gasteiger partial charge in [0.2, 0.25) is 0 Å². The Morgan fingerprint density at radius 1 is 1.25 bits per heavy atom. The summed E-state index contributed by atoms with van der Waals surface area (Å²) in [6.07, 6.45) is 3.58. The number of hydrogen-bond donors (Lipinski definition) is 1. The van der Waals surface area contributed by atoms with Gasteiger partial charge >= 0.3 is 29.0 Å². The quantitative estimate of drug-likeness (QED) is 0.640. The van der Waals surface area contributed by atoms with Crippen LogP contribution in [0.15, 0.2) is 0 Å². The first-order chi connectivity index (χ1) is 4.72. The molecule has 4 heteroatoms. The molecule has 0 fully saturated rings. The van der Waals surface area contributed by atoms with Gasteiger partial charge in [0.1, 0.15) is 0 Å². The standard InChI is InChI=1S/C8H16O2.Mg.H2O.2H/c1-3-5-7(6-4-2)8(9)10;;;;/h7H,3-6H2,1-2H3,(H,9,10);;1H2;;. The summed E-state index contributed by atoms with van der Waals surface area (Å²) in [5.74, 6) is -0.737. The van der Waals surface area contributed by atoms with Crippen LogP contribution in [0.3, 0.4) is 0 Å². The molecule has 0 aliphatic rings. The smallest absolute Gasteiger partial charge is 0.316 e. The molecular formula is C8H20MgO3. The van der Waals surface area contributed by atoms with Crippen molar-refractivity contribution in [3.8, 4) is 0 Å². The highest BCUT2D eigenvalue weighted by Crippen LogP contribution is 2.12. The fourth-order valence-electron chi connectivity index (χ4n) is 1.09. The highest BCUT2D eigenvalue weighted by Gasteiger charge is 2.13. The second-order valence-corrected chi connectivity index (χ2v) is 2.61. The topological polar surface area (TPSA) is 68.8 Å². The molecule has 0 aliphatic carbocycles. The van der Waals surface area contributed by atoms with Crippen LogP contribution >= 0.6 is 0 Å². The highest BCUT2D eigenvalue weighted by atomic mass is 24.3. The third-order valence-corrected chi connectivity index (χ3v) is 1.62. The summed E-state index contributed by atoms with van der Waals surface area (Å²) in [5, 5.41) is 8.64. The van der Waals surface area contributed by atoms with Crippen LogP contribution in [0.4, 0.5) is 0 Å². The van der Waals surface area contributed by atoms with Gasteiger partial charge in [-0.25, -0.2) is 0 Å². The second kappa shape index (κ2) is 11.2. The maximum atomic E-state index is 10.5. The van der Waals surface area contributed by atoms with E-state index < -0.39 is 5.97 Å². The van der Waals surface area contributed by atoms with E-state index in [1.807, 2.05) is 13.8 Å². The summed E-state index contributed by atoms with van der Waals surface area (Å²) >= 11 is 0. The average Bonchev–Trinajstić information content (AvgIpc) is 1.87. The van der Waals surface area contributed by atoms with Gasteiger partial charge in [-0.2, -0.15) is 0 Å². The first-order valence-corrected chi connectivity index (χ1v) is 3.95. The molecule has 0 unspecified atom stereocenters. The van der Waals surface area contributed by atoms with Crippen molar-refractivity contribution in [1.82, 2.24) is 0 Å². The average molecular weight is 189 g/mol. The van der Waals surface area contributed by atoms with E-state index in [9.17, 15) is 4.79 Å². The van der Waals surface area contributed by atoms with E-state index in [0.717, 1.165) is 25.7 Å². The molecule has 0 bridgehead atoms. The highest BCUT2D eigenvalue weighted by molar-refractivity contribution is 5.75. The van der Waals surface area contributed by atoms with E-state index in [1.165, 1.54) is 0 Å². The van der Waals surface area contributed by atoms with Crippen LogP contribution < -0.4 is 0 Å². The molecule has 0 heterocycles. The Labute approximate surface area is 90.0 Å². The van der Waals surface area contributed by atoms with Crippen LogP contribution in [0.2, 0.25) is 0 Å². The summed E-state index contributed by atoms with van der Waals surface area (Å²) in [4.78, 5) is 10.5. The second-order valence-electron chi connectivity index (χ2n) is 2.61. The molecule has 0 radical (unpaired) electrons. The maximum absolute atomic E-state index is 10.5. The minimum Gasteiger partial charge on any atom is -0.481 e. The van der Waals surface area contributed by atoms with Gasteiger partial charge < -0.3 is 10.6 Å². The van der Waals surface area contributed by atoms with E-state index in [4.69, 9.17) is 5.11 Å². The van der Waals surface area contributed by atoms with Crippen LogP contribution in [0.5, 0.6) is 0 Å². The number of aliphatic carboxylic acids is 1. The molecule has 3 nitrogen and oxygen atoms in total. The molecule has 0 saturated heterocycles. The van der Waals surface area contributed by atoms with Crippen molar-refractivity contribution in [2.75, 3.05) is 0 Å². The van der Waals surface area contributed by atoms with Crippen LogP contribution in [0.25, 0.3) is 0 Å². The Morgan fingerprint density at radius 3 is 1.75 bits per heavy atom. The molecule has 0 amide bonds. The van der Waals surface area contributed by atoms with Crippen molar-refractivity contribution in [1.29, 1.82) is 0 Å². The van der Waals surface area contributed by atoms with Crippen molar-refractivity contribution in [3.05, 3.63) is 0 Å². The zero-order chi connectivity index (χ0) is 7.98. The minimum atomic E-state index is -0.635. The third kappa shape index (κ3) is 8.29. The molecule has 0 atom stereocenters. The summed E-state index contributed by atoms with van der Waals surface area (Å²) in [6, 6.07) is 0. The maximum Gasteiger partial charge on any atom is 0.316 e. The van der Waals surface area contributed by atoms with Crippen molar-refractivity contribution in [2.45, 2.75) is 39.5 Å². The molecule has 0 spiro atoms. The first kappa shape index (κ1) is 18.1. The third-order valence-electron chi connectivity index (χ3n) is 1.62. The number of hydrogen-bond acceptors (Lipinski definition) is 1. The van der Waals surface area contributed by atoms with E-state index in [1.54, 1.807) is 0 Å². The van der Waals surface area contributed by atoms with Gasteiger partial charge in [-0.3, -0.25) is 4.79 Å². The number of rotatable bonds is 5. The molecule has 0 rings (SSSR count). The van der Waals surface area contributed by atoms with Crippen molar-refractivity contribution in [3.63, 3.8) is 0 Å². The molecule has 0 saturated carbocycles. The zero-order valence-corrected chi connectivity index (χ0v) is 7.26. The summed E-state index contributed by atoms with van der Waals surface area (Å²) in [6.45, 7) is 4.04. The largest absolute Gasteiger partial charge is 0.481 e. The lowest BCUT2D eigenvalue weighted by Crippen LogP contribution is -2.12. The summed E-state index contributed by atoms with van der Waals surface area (Å²) in [5.41, 5.74) is 0. The molecule has 3 N–H and O–H groups in total. The van der Waals surface area contributed by atoms with Crippen molar-refractivity contribution in [2.24, 2.45) is 5.92 Å². The lowest BCUT2D eigenvalue weighted by Gasteiger charge is -2.07. The normalized spacial score (nSPS) is 8.58. The Morgan fingerprint density at radius 2 is 1.58 bits per heavy atom. The SMILES string of the molecule is CCCC(CCC)C(=O)O.O.[MgH2]. The Balaban J connectivity index is -0.000000405. The summed E-state index contributed by atoms with van der Waals surface area (Å²) < 4.78 is 0. The molecule has 12 heavy (non-hydrogen) atoms. The molecular weight excluding hydrogens is 168 g/mol. The van der Waals surface area contributed by atoms with E-state index >= 15 is 0 Å². The van der Waals surface area contributed by atoms with Gasteiger partial charge in [-0.15, -0.1) is 0 Å². The Hall–Kier alpha value is 0.196. The Bertz CT molecular complexity index is 100. The van der Waals surface area contributed by atoms with Gasteiger partial charge in [-0.05, 0) is 12.8 Å². The van der Waals surface area contributed by atoms with Crippen molar-refractivity contribution < 1.29 is 15.4 Å². The molecule has 0 aromatic carbocycles. The van der Waals surface area contributed by atoms with Crippen LogP contribution in [0, 0.1) is 5.92 Å². The van der Waals surface area contributed by atoms with Crippen LogP contribution in [0.1, 0.15) is 39.5 Å². The fourth-order valence-corrected chi connectivity index (χ4v) is 1.09.